The van der Waals surface area contributed by atoms with E-state index in [0.717, 1.165) is 23.7 Å². The molecular weight excluding hydrogens is 218 g/mol. The predicted octanol–water partition coefficient (Wildman–Crippen LogP) is 2.30. The highest BCUT2D eigenvalue weighted by molar-refractivity contribution is 7.99. The van der Waals surface area contributed by atoms with E-state index in [1.165, 1.54) is 5.56 Å². The van der Waals surface area contributed by atoms with Gasteiger partial charge in [0.25, 0.3) is 0 Å². The van der Waals surface area contributed by atoms with Gasteiger partial charge in [0, 0.05) is 42.9 Å². The Bertz CT molecular complexity index is 333. The molecule has 1 aromatic heterocycles. The maximum atomic E-state index is 4.35. The van der Waals surface area contributed by atoms with Crippen LogP contribution in [0.15, 0.2) is 18.9 Å². The summed E-state index contributed by atoms with van der Waals surface area (Å²) in [6.07, 6.45) is 4.03. The predicted molar refractivity (Wildman–Crippen MR) is 71.9 cm³/mol. The fourth-order valence-electron chi connectivity index (χ4n) is 1.67. The molecule has 0 bridgehead atoms. The Kier molecular flexibility index (Phi) is 5.63. The van der Waals surface area contributed by atoms with Gasteiger partial charge in [0.1, 0.15) is 0 Å². The van der Waals surface area contributed by atoms with Crippen molar-refractivity contribution in [2.24, 2.45) is 7.05 Å². The molecule has 0 aliphatic heterocycles. The molecule has 0 aliphatic rings. The fraction of sp³-hybridized carbons (Fsp3) is 0.583. The van der Waals surface area contributed by atoms with E-state index in [-0.39, 0.29) is 0 Å². The molecule has 0 saturated heterocycles. The van der Waals surface area contributed by atoms with Crippen LogP contribution in [-0.2, 0) is 7.05 Å². The molecule has 1 N–H and O–H groups in total. The molecular formula is C12H21N3S. The zero-order valence-corrected chi connectivity index (χ0v) is 11.2. The third-order valence-electron chi connectivity index (χ3n) is 2.45. The Morgan fingerprint density at radius 3 is 3.00 bits per heavy atom. The summed E-state index contributed by atoms with van der Waals surface area (Å²) in [6, 6.07) is 0.373. The van der Waals surface area contributed by atoms with Crippen LogP contribution in [-0.4, -0.2) is 27.8 Å². The van der Waals surface area contributed by atoms with Crippen LogP contribution in [0.1, 0.15) is 24.2 Å². The molecule has 1 heterocycles. The van der Waals surface area contributed by atoms with Gasteiger partial charge in [0.2, 0.25) is 0 Å². The van der Waals surface area contributed by atoms with E-state index in [4.69, 9.17) is 0 Å². The standard InChI is InChI=1S/C12H21N3S/c1-5-7-16-8-6-13-10(2)12-9-15(4)14-11(12)3/h5,9-10,13H,1,6-8H2,2-4H3. The Hall–Kier alpha value is -0.740. The van der Waals surface area contributed by atoms with Crippen LogP contribution in [0.2, 0.25) is 0 Å². The average Bonchev–Trinajstić information content (AvgIpc) is 2.57. The maximum Gasteiger partial charge on any atom is 0.0641 e. The molecule has 90 valence electrons. The number of aryl methyl sites for hydroxylation is 2. The largest absolute Gasteiger partial charge is 0.309 e. The molecule has 1 aromatic rings. The minimum Gasteiger partial charge on any atom is -0.309 e. The van der Waals surface area contributed by atoms with Gasteiger partial charge in [-0.1, -0.05) is 6.08 Å². The van der Waals surface area contributed by atoms with Gasteiger partial charge >= 0.3 is 0 Å². The highest BCUT2D eigenvalue weighted by Gasteiger charge is 2.10. The van der Waals surface area contributed by atoms with Crippen LogP contribution in [0, 0.1) is 6.92 Å². The first kappa shape index (κ1) is 13.3. The summed E-state index contributed by atoms with van der Waals surface area (Å²) in [7, 11) is 1.96. The third-order valence-corrected chi connectivity index (χ3v) is 3.41. The molecule has 0 spiro atoms. The number of hydrogen-bond donors (Lipinski definition) is 1. The molecule has 3 nitrogen and oxygen atoms in total. The van der Waals surface area contributed by atoms with E-state index in [2.05, 4.69) is 37.0 Å². The van der Waals surface area contributed by atoms with Crippen molar-refractivity contribution in [1.29, 1.82) is 0 Å². The Morgan fingerprint density at radius 1 is 1.69 bits per heavy atom. The van der Waals surface area contributed by atoms with E-state index in [9.17, 15) is 0 Å². The van der Waals surface area contributed by atoms with Gasteiger partial charge in [-0.05, 0) is 13.8 Å². The molecule has 0 fully saturated rings. The smallest absolute Gasteiger partial charge is 0.0641 e. The van der Waals surface area contributed by atoms with Gasteiger partial charge in [-0.25, -0.2) is 0 Å². The van der Waals surface area contributed by atoms with Gasteiger partial charge in [0.05, 0.1) is 5.69 Å². The Labute approximate surface area is 102 Å². The van der Waals surface area contributed by atoms with Crippen molar-refractivity contribution >= 4 is 11.8 Å². The summed E-state index contributed by atoms with van der Waals surface area (Å²) < 4.78 is 1.87. The van der Waals surface area contributed by atoms with Crippen molar-refractivity contribution in [2.45, 2.75) is 19.9 Å². The number of thioether (sulfide) groups is 1. The first-order valence-electron chi connectivity index (χ1n) is 5.57. The summed E-state index contributed by atoms with van der Waals surface area (Å²) in [6.45, 7) is 8.96. The van der Waals surface area contributed by atoms with Crippen molar-refractivity contribution in [3.63, 3.8) is 0 Å². The van der Waals surface area contributed by atoms with Crippen LogP contribution < -0.4 is 5.32 Å². The van der Waals surface area contributed by atoms with E-state index < -0.39 is 0 Å². The Balaban J connectivity index is 2.32. The van der Waals surface area contributed by atoms with Gasteiger partial charge in [-0.15, -0.1) is 6.58 Å². The average molecular weight is 239 g/mol. The van der Waals surface area contributed by atoms with Crippen LogP contribution in [0.5, 0.6) is 0 Å². The minimum atomic E-state index is 0.373. The van der Waals surface area contributed by atoms with E-state index in [1.807, 2.05) is 29.6 Å². The number of rotatable bonds is 7. The van der Waals surface area contributed by atoms with Crippen LogP contribution in [0.3, 0.4) is 0 Å². The lowest BCUT2D eigenvalue weighted by molar-refractivity contribution is 0.598. The summed E-state index contributed by atoms with van der Waals surface area (Å²) in [5, 5.41) is 7.85. The number of aromatic nitrogens is 2. The quantitative estimate of drug-likeness (QED) is 0.585. The van der Waals surface area contributed by atoms with Crippen molar-refractivity contribution in [3.8, 4) is 0 Å². The summed E-state index contributed by atoms with van der Waals surface area (Å²) >= 11 is 1.90. The van der Waals surface area contributed by atoms with Crippen molar-refractivity contribution in [2.75, 3.05) is 18.1 Å². The van der Waals surface area contributed by atoms with Gasteiger partial charge in [-0.2, -0.15) is 16.9 Å². The summed E-state index contributed by atoms with van der Waals surface area (Å²) in [5.74, 6) is 2.15. The fourth-order valence-corrected chi connectivity index (χ4v) is 2.26. The second-order valence-corrected chi connectivity index (χ2v) is 5.03. The number of nitrogens with one attached hydrogen (secondary N) is 1. The van der Waals surface area contributed by atoms with E-state index in [0.29, 0.717) is 6.04 Å². The lowest BCUT2D eigenvalue weighted by Gasteiger charge is -2.12. The molecule has 1 unspecified atom stereocenters. The van der Waals surface area contributed by atoms with E-state index >= 15 is 0 Å². The molecule has 1 atom stereocenters. The molecule has 1 rings (SSSR count). The number of nitrogens with zero attached hydrogens (tertiary/aromatic N) is 2. The topological polar surface area (TPSA) is 29.9 Å². The number of hydrogen-bond acceptors (Lipinski definition) is 3. The van der Waals surface area contributed by atoms with Crippen molar-refractivity contribution in [3.05, 3.63) is 30.1 Å². The van der Waals surface area contributed by atoms with Crippen molar-refractivity contribution < 1.29 is 0 Å². The summed E-state index contributed by atoms with van der Waals surface area (Å²) in [5.41, 5.74) is 2.40. The molecule has 4 heteroatoms. The molecule has 0 amide bonds. The highest BCUT2D eigenvalue weighted by Crippen LogP contribution is 2.15. The van der Waals surface area contributed by atoms with Gasteiger partial charge in [-0.3, -0.25) is 4.68 Å². The highest BCUT2D eigenvalue weighted by atomic mass is 32.2. The monoisotopic (exact) mass is 239 g/mol. The molecule has 0 saturated carbocycles. The molecule has 16 heavy (non-hydrogen) atoms. The second-order valence-electron chi connectivity index (χ2n) is 3.88. The maximum absolute atomic E-state index is 4.35. The lowest BCUT2D eigenvalue weighted by Crippen LogP contribution is -2.21. The van der Waals surface area contributed by atoms with Gasteiger partial charge < -0.3 is 5.32 Å². The van der Waals surface area contributed by atoms with E-state index in [1.54, 1.807) is 0 Å². The normalized spacial score (nSPS) is 12.7. The van der Waals surface area contributed by atoms with Crippen molar-refractivity contribution in [1.82, 2.24) is 15.1 Å². The Morgan fingerprint density at radius 2 is 2.44 bits per heavy atom. The zero-order valence-electron chi connectivity index (χ0n) is 10.4. The molecule has 0 aliphatic carbocycles. The second kappa shape index (κ2) is 6.76. The van der Waals surface area contributed by atoms with Crippen LogP contribution >= 0.6 is 11.8 Å². The molecule has 0 aromatic carbocycles. The SMILES string of the molecule is C=CCSCCNC(C)c1cn(C)nc1C. The van der Waals surface area contributed by atoms with Crippen LogP contribution in [0.4, 0.5) is 0 Å². The minimum absolute atomic E-state index is 0.373. The van der Waals surface area contributed by atoms with Gasteiger partial charge in [0.15, 0.2) is 0 Å². The zero-order chi connectivity index (χ0) is 12.0. The van der Waals surface area contributed by atoms with Crippen LogP contribution in [0.25, 0.3) is 0 Å². The summed E-state index contributed by atoms with van der Waals surface area (Å²) in [4.78, 5) is 0. The lowest BCUT2D eigenvalue weighted by atomic mass is 10.1. The first-order chi connectivity index (χ1) is 7.65. The first-order valence-corrected chi connectivity index (χ1v) is 6.72. The molecule has 0 radical (unpaired) electrons. The third kappa shape index (κ3) is 4.02.